The van der Waals surface area contributed by atoms with Gasteiger partial charge in [-0.3, -0.25) is 0 Å². The quantitative estimate of drug-likeness (QED) is 0.537. The molecule has 1 atom stereocenters. The van der Waals surface area contributed by atoms with Crippen molar-refractivity contribution in [3.8, 4) is 5.75 Å². The smallest absolute Gasteiger partial charge is 0.244 e. The van der Waals surface area contributed by atoms with Gasteiger partial charge in [0.25, 0.3) is 0 Å². The zero-order chi connectivity index (χ0) is 17.3. The van der Waals surface area contributed by atoms with Gasteiger partial charge < -0.3 is 4.74 Å². The highest BCUT2D eigenvalue weighted by atomic mass is 127. The molecule has 0 amide bonds. The molecule has 0 aromatic heterocycles. The van der Waals surface area contributed by atoms with E-state index in [4.69, 9.17) is 4.74 Å². The van der Waals surface area contributed by atoms with Gasteiger partial charge in [0.15, 0.2) is 0 Å². The van der Waals surface area contributed by atoms with E-state index in [-0.39, 0.29) is 5.37 Å². The number of halogens is 2. The Morgan fingerprint density at radius 2 is 1.96 bits per heavy atom. The summed E-state index contributed by atoms with van der Waals surface area (Å²) in [5.41, 5.74) is 0.944. The highest BCUT2D eigenvalue weighted by Gasteiger charge is 2.37. The monoisotopic (exact) mass is 539 g/mol. The lowest BCUT2D eigenvalue weighted by Gasteiger charge is -2.24. The summed E-state index contributed by atoms with van der Waals surface area (Å²) >= 11 is 7.28. The van der Waals surface area contributed by atoms with Crippen LogP contribution in [-0.4, -0.2) is 32.1 Å². The standard InChI is InChI=1S/C16H15BrINO3S2/c1-22-15-7-2-11(10-14(15)17)16-19(8-9-23-16)24(20,21)13-5-3-12(18)4-6-13/h2-7,10,16H,8-9H2,1H3/t16-/m1/s1. The van der Waals surface area contributed by atoms with Crippen LogP contribution in [-0.2, 0) is 10.0 Å². The minimum atomic E-state index is -3.52. The number of benzene rings is 2. The van der Waals surface area contributed by atoms with Crippen LogP contribution >= 0.6 is 50.3 Å². The summed E-state index contributed by atoms with van der Waals surface area (Å²) < 4.78 is 34.7. The second-order valence-electron chi connectivity index (χ2n) is 5.19. The van der Waals surface area contributed by atoms with Gasteiger partial charge in [-0.05, 0) is 80.5 Å². The molecular formula is C16H15BrINO3S2. The predicted octanol–water partition coefficient (Wildman–Crippen LogP) is 4.50. The van der Waals surface area contributed by atoms with E-state index < -0.39 is 10.0 Å². The van der Waals surface area contributed by atoms with Crippen molar-refractivity contribution in [1.82, 2.24) is 4.31 Å². The number of thioether (sulfide) groups is 1. The van der Waals surface area contributed by atoms with Crippen LogP contribution in [0.25, 0.3) is 0 Å². The van der Waals surface area contributed by atoms with Crippen molar-refractivity contribution in [2.24, 2.45) is 0 Å². The van der Waals surface area contributed by atoms with E-state index in [1.165, 1.54) is 0 Å². The number of nitrogens with zero attached hydrogens (tertiary/aromatic N) is 1. The van der Waals surface area contributed by atoms with Crippen molar-refractivity contribution in [2.75, 3.05) is 19.4 Å². The predicted molar refractivity (Wildman–Crippen MR) is 109 cm³/mol. The zero-order valence-electron chi connectivity index (χ0n) is 12.8. The molecule has 24 heavy (non-hydrogen) atoms. The molecular weight excluding hydrogens is 525 g/mol. The topological polar surface area (TPSA) is 46.6 Å². The second-order valence-corrected chi connectivity index (χ2v) is 10.4. The molecule has 1 fully saturated rings. The maximum Gasteiger partial charge on any atom is 0.244 e. The van der Waals surface area contributed by atoms with Crippen LogP contribution in [0.4, 0.5) is 0 Å². The molecule has 0 aliphatic carbocycles. The summed E-state index contributed by atoms with van der Waals surface area (Å²) in [5, 5.41) is -0.225. The van der Waals surface area contributed by atoms with E-state index >= 15 is 0 Å². The van der Waals surface area contributed by atoms with Crippen LogP contribution in [0, 0.1) is 3.57 Å². The molecule has 3 rings (SSSR count). The van der Waals surface area contributed by atoms with Crippen LogP contribution in [0.1, 0.15) is 10.9 Å². The lowest BCUT2D eigenvalue weighted by atomic mass is 10.2. The number of hydrogen-bond acceptors (Lipinski definition) is 4. The molecule has 0 radical (unpaired) electrons. The summed E-state index contributed by atoms with van der Waals surface area (Å²) in [4.78, 5) is 0.336. The molecule has 0 unspecified atom stereocenters. The maximum absolute atomic E-state index is 13.0. The Balaban J connectivity index is 1.95. The molecule has 1 aliphatic heterocycles. The van der Waals surface area contributed by atoms with E-state index in [1.54, 1.807) is 35.3 Å². The van der Waals surface area contributed by atoms with Crippen LogP contribution < -0.4 is 4.74 Å². The Morgan fingerprint density at radius 3 is 2.58 bits per heavy atom. The van der Waals surface area contributed by atoms with E-state index in [0.29, 0.717) is 11.4 Å². The average Bonchev–Trinajstić information content (AvgIpc) is 3.05. The van der Waals surface area contributed by atoms with Crippen molar-refractivity contribution in [2.45, 2.75) is 10.3 Å². The first-order chi connectivity index (χ1) is 11.4. The zero-order valence-corrected chi connectivity index (χ0v) is 18.2. The molecule has 0 bridgehead atoms. The van der Waals surface area contributed by atoms with Gasteiger partial charge >= 0.3 is 0 Å². The fourth-order valence-corrected chi connectivity index (χ4v) is 6.69. The highest BCUT2D eigenvalue weighted by Crippen LogP contribution is 2.43. The fraction of sp³-hybridized carbons (Fsp3) is 0.250. The summed E-state index contributed by atoms with van der Waals surface area (Å²) in [6.45, 7) is 0.507. The van der Waals surface area contributed by atoms with E-state index in [1.807, 2.05) is 30.3 Å². The maximum atomic E-state index is 13.0. The number of hydrogen-bond donors (Lipinski definition) is 0. The third-order valence-electron chi connectivity index (χ3n) is 3.73. The summed E-state index contributed by atoms with van der Waals surface area (Å²) in [7, 11) is -1.91. The molecule has 1 heterocycles. The SMILES string of the molecule is COc1ccc([C@H]2SCCN2S(=O)(=O)c2ccc(I)cc2)cc1Br. The summed E-state index contributed by atoms with van der Waals surface area (Å²) in [5.74, 6) is 1.51. The fourth-order valence-electron chi connectivity index (χ4n) is 2.54. The summed E-state index contributed by atoms with van der Waals surface area (Å²) in [6, 6.07) is 12.7. The van der Waals surface area contributed by atoms with Gasteiger partial charge in [0.1, 0.15) is 5.75 Å². The Bertz CT molecular complexity index is 843. The molecule has 8 heteroatoms. The Kier molecular flexibility index (Phi) is 5.80. The minimum absolute atomic E-state index is 0.225. The van der Waals surface area contributed by atoms with Crippen molar-refractivity contribution in [3.63, 3.8) is 0 Å². The molecule has 0 N–H and O–H groups in total. The van der Waals surface area contributed by atoms with Crippen LogP contribution in [0.3, 0.4) is 0 Å². The molecule has 0 spiro atoms. The Labute approximate surface area is 168 Å². The molecule has 0 saturated carbocycles. The molecule has 4 nitrogen and oxygen atoms in total. The number of ether oxygens (including phenoxy) is 1. The number of sulfonamides is 1. The van der Waals surface area contributed by atoms with Gasteiger partial charge in [-0.2, -0.15) is 4.31 Å². The van der Waals surface area contributed by atoms with Crippen LogP contribution in [0.15, 0.2) is 51.8 Å². The van der Waals surface area contributed by atoms with Gasteiger partial charge in [-0.25, -0.2) is 8.42 Å². The van der Waals surface area contributed by atoms with Gasteiger partial charge in [-0.1, -0.05) is 6.07 Å². The minimum Gasteiger partial charge on any atom is -0.496 e. The third kappa shape index (κ3) is 3.62. The highest BCUT2D eigenvalue weighted by molar-refractivity contribution is 14.1. The van der Waals surface area contributed by atoms with Crippen LogP contribution in [0.2, 0.25) is 0 Å². The Hall–Kier alpha value is -0.290. The van der Waals surface area contributed by atoms with Gasteiger partial charge in [0.2, 0.25) is 10.0 Å². The van der Waals surface area contributed by atoms with E-state index in [2.05, 4.69) is 38.5 Å². The van der Waals surface area contributed by atoms with Gasteiger partial charge in [0.05, 0.1) is 21.9 Å². The number of rotatable bonds is 4. The van der Waals surface area contributed by atoms with Gasteiger partial charge in [-0.15, -0.1) is 11.8 Å². The van der Waals surface area contributed by atoms with Crippen molar-refractivity contribution in [1.29, 1.82) is 0 Å². The largest absolute Gasteiger partial charge is 0.496 e. The average molecular weight is 540 g/mol. The van der Waals surface area contributed by atoms with Gasteiger partial charge in [0, 0.05) is 15.9 Å². The third-order valence-corrected chi connectivity index (χ3v) is 8.34. The second kappa shape index (κ2) is 7.53. The number of methoxy groups -OCH3 is 1. The van der Waals surface area contributed by atoms with Crippen LogP contribution in [0.5, 0.6) is 5.75 Å². The molecule has 2 aromatic carbocycles. The molecule has 1 saturated heterocycles. The summed E-state index contributed by atoms with van der Waals surface area (Å²) in [6.07, 6.45) is 0. The lowest BCUT2D eigenvalue weighted by Crippen LogP contribution is -2.30. The lowest BCUT2D eigenvalue weighted by molar-refractivity contribution is 0.410. The van der Waals surface area contributed by atoms with Crippen molar-refractivity contribution >= 4 is 60.3 Å². The van der Waals surface area contributed by atoms with Crippen molar-refractivity contribution in [3.05, 3.63) is 56.1 Å². The molecule has 1 aliphatic rings. The van der Waals surface area contributed by atoms with E-state index in [9.17, 15) is 8.42 Å². The normalized spacial score (nSPS) is 18.7. The first-order valence-electron chi connectivity index (χ1n) is 7.16. The first-order valence-corrected chi connectivity index (χ1v) is 11.5. The molecule has 2 aromatic rings. The Morgan fingerprint density at radius 1 is 1.25 bits per heavy atom. The van der Waals surface area contributed by atoms with Crippen molar-refractivity contribution < 1.29 is 13.2 Å². The first kappa shape index (κ1) is 18.5. The van der Waals surface area contributed by atoms with E-state index in [0.717, 1.165) is 25.1 Å². The molecule has 128 valence electrons.